The third-order valence-corrected chi connectivity index (χ3v) is 32.3. The zero-order chi connectivity index (χ0) is 92.4. The number of aliphatic hydroxyl groups excluding tert-OH is 1. The third-order valence-electron chi connectivity index (χ3n) is 19.4. The number of thioether (sulfide) groups is 3. The average molecular weight is 1900 g/mol. The molecule has 0 aliphatic heterocycles. The quantitative estimate of drug-likeness (QED) is 0.0159. The lowest BCUT2D eigenvalue weighted by Crippen LogP contribution is -2.11. The normalized spacial score (nSPS) is 11.3. The van der Waals surface area contributed by atoms with Crippen LogP contribution in [0.25, 0.3) is 5.76 Å². The first-order chi connectivity index (χ1) is 61.8. The summed E-state index contributed by atoms with van der Waals surface area (Å²) >= 11 is 5.77. The fraction of sp³-hybridized carbons (Fsp3) is 0.120. The van der Waals surface area contributed by atoms with E-state index in [2.05, 4.69) is 36.2 Å². The van der Waals surface area contributed by atoms with Gasteiger partial charge in [-0.1, -0.05) is 255 Å². The molecule has 0 amide bonds. The molecule has 14 aromatic rings. The summed E-state index contributed by atoms with van der Waals surface area (Å²) in [7, 11) is -17.8. The second-order valence-corrected chi connectivity index (χ2v) is 43.2. The van der Waals surface area contributed by atoms with Gasteiger partial charge in [0.25, 0.3) is 0 Å². The molecule has 1 aromatic heterocycles. The van der Waals surface area contributed by atoms with Crippen LogP contribution in [0.5, 0.6) is 0 Å². The topological polar surface area (TPSA) is 352 Å². The van der Waals surface area contributed by atoms with E-state index >= 15 is 0 Å². The van der Waals surface area contributed by atoms with Gasteiger partial charge in [0, 0.05) is 49.7 Å². The molecule has 29 heteroatoms. The summed E-state index contributed by atoms with van der Waals surface area (Å²) < 4.78 is 125. The maximum Gasteiger partial charge on any atom is 0.336 e. The van der Waals surface area contributed by atoms with E-state index in [1.807, 2.05) is 97.1 Å². The SMILES string of the molecule is C=C(O)c1ccccc1CS(=O)(=O)c1ccccc1.O=C(O)c1cc(NCCc2ccccc2)ccc1CS(=O)(=O)c1ccccc1.O=C(O)c1cc(SCCc2ccccc2)ccc1CS(=O)(=O)c1ccccc1.O=C(O)c1cc(SCCc2ccccc2)ccc1CS(=O)(=O)c1cccs1.O=C(O)c1cc(SCc2ccccc2)ccc1CS(=O)(=O)c1ccccc1. The number of carbonyl (C=O) groups is 4. The lowest BCUT2D eigenvalue weighted by Gasteiger charge is -2.12. The van der Waals surface area contributed by atoms with Gasteiger partial charge in [-0.2, -0.15) is 0 Å². The molecule has 0 saturated heterocycles. The van der Waals surface area contributed by atoms with Crippen LogP contribution in [-0.4, -0.2) is 110 Å². The van der Waals surface area contributed by atoms with E-state index in [1.54, 1.807) is 211 Å². The molecule has 6 N–H and O–H groups in total. The Balaban J connectivity index is 0.000000169. The number of hydrogen-bond acceptors (Lipinski definition) is 20. The molecule has 14 rings (SSSR count). The molecule has 0 aliphatic carbocycles. The van der Waals surface area contributed by atoms with Crippen molar-refractivity contribution in [2.75, 3.05) is 23.4 Å². The second-order valence-electron chi connectivity index (χ2n) is 28.7. The Kier molecular flexibility index (Phi) is 36.8. The Labute approximate surface area is 768 Å². The van der Waals surface area contributed by atoms with Gasteiger partial charge in [-0.3, -0.25) is 0 Å². The van der Waals surface area contributed by atoms with Crippen molar-refractivity contribution in [2.24, 2.45) is 0 Å². The highest BCUT2D eigenvalue weighted by Crippen LogP contribution is 2.33. The van der Waals surface area contributed by atoms with E-state index in [-0.39, 0.29) is 91.7 Å². The maximum atomic E-state index is 12.6. The van der Waals surface area contributed by atoms with E-state index in [0.717, 1.165) is 62.4 Å². The van der Waals surface area contributed by atoms with Gasteiger partial charge >= 0.3 is 23.9 Å². The minimum atomic E-state index is -3.62. The van der Waals surface area contributed by atoms with Crippen molar-refractivity contribution in [3.8, 4) is 0 Å². The number of nitrogens with one attached hydrogen (secondary N) is 1. The van der Waals surface area contributed by atoms with Gasteiger partial charge in [-0.05, 0) is 178 Å². The number of anilines is 1. The molecule has 0 spiro atoms. The molecule has 0 bridgehead atoms. The zero-order valence-electron chi connectivity index (χ0n) is 69.4. The average Bonchev–Trinajstić information content (AvgIpc) is 1.44. The standard InChI is InChI=1S/C22H21NO4S.C22H20O4S2.C21H18O4S2.C20H18O4S3.C15H14O3S/c24-22(25)21-15-19(23-14-13-17-7-3-1-4-8-17)12-11-18(21)16-28(26,27)20-9-5-2-6-10-20;23-22(24)21-15-19(27-14-13-17-7-3-1-4-8-17)12-11-18(21)16-28(25,26)20-9-5-2-6-10-20;22-21(23)20-13-18(26-14-16-7-3-1-4-8-16)12-11-17(20)15-27(24,25)19-9-5-2-6-10-19;21-20(22)18-13-17(25-12-10-15-5-2-1-3-6-15)9-8-16(18)14-27(23,24)19-7-4-11-26-19;1-12(16)15-10-6-5-7-13(15)11-19(17,18)14-8-3-2-4-9-14/h1-12,15,23H,13-14,16H2,(H,24,25);1-12,15H,13-14,16H2,(H,23,24);1-13H,14-15H2,(H,22,23);1-9,11,13H,10,12,14H2,(H,21,22);2-10,16H,1,11H2. The van der Waals surface area contributed by atoms with Crippen molar-refractivity contribution in [3.05, 3.63) is 442 Å². The predicted octanol–water partition coefficient (Wildman–Crippen LogP) is 21.3. The summed E-state index contributed by atoms with van der Waals surface area (Å²) in [5, 5.41) is 52.5. The van der Waals surface area contributed by atoms with Crippen LogP contribution in [0.2, 0.25) is 0 Å². The molecule has 0 fully saturated rings. The van der Waals surface area contributed by atoms with E-state index < -0.39 is 73.1 Å². The molecular weight excluding hydrogens is 1810 g/mol. The summed E-state index contributed by atoms with van der Waals surface area (Å²) in [6.45, 7) is 4.09. The number of carboxylic acid groups (broad SMARTS) is 4. The van der Waals surface area contributed by atoms with Crippen LogP contribution in [0.4, 0.5) is 5.69 Å². The summed E-state index contributed by atoms with van der Waals surface area (Å²) in [5.41, 5.74) is 7.65. The molecule has 13 aromatic carbocycles. The monoisotopic (exact) mass is 1900 g/mol. The number of benzene rings is 13. The Hall–Kier alpha value is -12.4. The summed E-state index contributed by atoms with van der Waals surface area (Å²) in [6.07, 6.45) is 2.55. The molecule has 0 radical (unpaired) electrons. The Bertz CT molecular complexity index is 6540. The molecule has 0 atom stereocenters. The van der Waals surface area contributed by atoms with Gasteiger partial charge in [0.1, 0.15) is 9.97 Å². The molecule has 0 aliphatic rings. The fourth-order valence-corrected chi connectivity index (χ4v) is 23.7. The number of aromatic carboxylic acids is 4. The first-order valence-corrected chi connectivity index (χ1v) is 52.0. The number of thiophene rings is 1. The largest absolute Gasteiger partial charge is 0.508 e. The van der Waals surface area contributed by atoms with Gasteiger partial charge in [-0.15, -0.1) is 46.6 Å². The van der Waals surface area contributed by atoms with Crippen LogP contribution >= 0.6 is 46.6 Å². The van der Waals surface area contributed by atoms with E-state index in [9.17, 15) is 86.8 Å². The summed E-state index contributed by atoms with van der Waals surface area (Å²) in [5.74, 6) is -3.82. The Morgan fingerprint density at radius 2 is 0.574 bits per heavy atom. The van der Waals surface area contributed by atoms with Crippen LogP contribution in [-0.2, 0) is 103 Å². The molecule has 664 valence electrons. The van der Waals surface area contributed by atoms with Crippen LogP contribution in [0.1, 0.15) is 97.1 Å². The Morgan fingerprint density at radius 3 is 0.907 bits per heavy atom. The van der Waals surface area contributed by atoms with Crippen LogP contribution in [0.3, 0.4) is 0 Å². The molecule has 0 unspecified atom stereocenters. The number of rotatable bonds is 35. The number of aryl methyl sites for hydroxylation is 2. The molecule has 1 heterocycles. The van der Waals surface area contributed by atoms with Crippen LogP contribution in [0.15, 0.2) is 402 Å². The van der Waals surface area contributed by atoms with Gasteiger partial charge in [0.2, 0.25) is 0 Å². The van der Waals surface area contributed by atoms with E-state index in [0.29, 0.717) is 40.2 Å². The van der Waals surface area contributed by atoms with Crippen molar-refractivity contribution in [1.29, 1.82) is 0 Å². The Morgan fingerprint density at radius 1 is 0.287 bits per heavy atom. The molecular formula is C100H91NO19S9. The van der Waals surface area contributed by atoms with Crippen molar-refractivity contribution in [3.63, 3.8) is 0 Å². The number of sulfone groups is 5. The summed E-state index contributed by atoms with van der Waals surface area (Å²) in [6, 6.07) is 102. The zero-order valence-corrected chi connectivity index (χ0v) is 76.7. The van der Waals surface area contributed by atoms with Crippen molar-refractivity contribution in [2.45, 2.75) is 92.3 Å². The first-order valence-electron chi connectivity index (χ1n) is 39.9. The predicted molar refractivity (Wildman–Crippen MR) is 513 cm³/mol. The van der Waals surface area contributed by atoms with Gasteiger partial charge in [-0.25, -0.2) is 61.3 Å². The lowest BCUT2D eigenvalue weighted by molar-refractivity contribution is 0.0684. The van der Waals surface area contributed by atoms with Crippen molar-refractivity contribution < 1.29 is 86.8 Å². The minimum absolute atomic E-state index is 0.00998. The minimum Gasteiger partial charge on any atom is -0.508 e. The van der Waals surface area contributed by atoms with Crippen LogP contribution < -0.4 is 5.32 Å². The number of aliphatic hydroxyl groups is 1. The van der Waals surface area contributed by atoms with Gasteiger partial charge in [0.05, 0.1) is 70.6 Å². The highest BCUT2D eigenvalue weighted by Gasteiger charge is 2.26. The van der Waals surface area contributed by atoms with Crippen molar-refractivity contribution in [1.82, 2.24) is 0 Å². The second kappa shape index (κ2) is 48.1. The van der Waals surface area contributed by atoms with Gasteiger partial charge < -0.3 is 30.8 Å². The number of carboxylic acids is 4. The molecule has 0 saturated carbocycles. The van der Waals surface area contributed by atoms with E-state index in [4.69, 9.17) is 0 Å². The lowest BCUT2D eigenvalue weighted by atomic mass is 10.1. The number of hydrogen-bond donors (Lipinski definition) is 6. The van der Waals surface area contributed by atoms with Crippen molar-refractivity contribution >= 4 is 131 Å². The maximum absolute atomic E-state index is 12.6. The molecule has 129 heavy (non-hydrogen) atoms. The third kappa shape index (κ3) is 30.9. The molecule has 20 nitrogen and oxygen atoms in total. The first kappa shape index (κ1) is 98.8. The van der Waals surface area contributed by atoms with E-state index in [1.165, 1.54) is 77.0 Å². The van der Waals surface area contributed by atoms with Crippen LogP contribution in [0, 0.1) is 0 Å². The highest BCUT2D eigenvalue weighted by atomic mass is 32.2. The smallest absolute Gasteiger partial charge is 0.336 e. The van der Waals surface area contributed by atoms with Gasteiger partial charge in [0.15, 0.2) is 49.2 Å². The summed E-state index contributed by atoms with van der Waals surface area (Å²) in [4.78, 5) is 49.9. The fourth-order valence-electron chi connectivity index (χ4n) is 12.8. The highest BCUT2D eigenvalue weighted by molar-refractivity contribution is 7.99.